The second kappa shape index (κ2) is 8.50. The van der Waals surface area contributed by atoms with E-state index >= 15 is 0 Å². The quantitative estimate of drug-likeness (QED) is 0.782. The Morgan fingerprint density at radius 2 is 1.84 bits per heavy atom. The van der Waals surface area contributed by atoms with Crippen LogP contribution in [0.3, 0.4) is 0 Å². The Labute approximate surface area is 152 Å². The molecule has 25 heavy (non-hydrogen) atoms. The van der Waals surface area contributed by atoms with Crippen molar-refractivity contribution < 1.29 is 14.2 Å². The number of benzene rings is 2. The van der Waals surface area contributed by atoms with Crippen LogP contribution in [0.25, 0.3) is 0 Å². The fraction of sp³-hybridized carbons (Fsp3) is 0.316. The van der Waals surface area contributed by atoms with Crippen molar-refractivity contribution in [1.29, 1.82) is 5.26 Å². The van der Waals surface area contributed by atoms with Crippen molar-refractivity contribution in [3.63, 3.8) is 0 Å². The van der Waals surface area contributed by atoms with E-state index in [1.54, 1.807) is 30.3 Å². The second-order valence-corrected chi connectivity index (χ2v) is 6.00. The summed E-state index contributed by atoms with van der Waals surface area (Å²) in [5.41, 5.74) is 1.45. The minimum absolute atomic E-state index is 0.571. The fourth-order valence-corrected chi connectivity index (χ4v) is 2.65. The molecule has 1 aliphatic heterocycles. The number of fused-ring (bicyclic) bond motifs is 1. The molecule has 0 aliphatic carbocycles. The highest BCUT2D eigenvalue weighted by Gasteiger charge is 2.13. The number of hydrogen-bond donors (Lipinski definition) is 1. The summed E-state index contributed by atoms with van der Waals surface area (Å²) in [6, 6.07) is 12.8. The lowest BCUT2D eigenvalue weighted by atomic mass is 10.2. The molecule has 2 aromatic rings. The van der Waals surface area contributed by atoms with Gasteiger partial charge in [0.2, 0.25) is 0 Å². The zero-order valence-electron chi connectivity index (χ0n) is 13.8. The molecule has 0 spiro atoms. The highest BCUT2D eigenvalue weighted by atomic mass is 35.5. The van der Waals surface area contributed by atoms with Gasteiger partial charge < -0.3 is 19.5 Å². The fourth-order valence-electron chi connectivity index (χ4n) is 2.43. The van der Waals surface area contributed by atoms with Gasteiger partial charge in [0.15, 0.2) is 11.5 Å². The number of rotatable bonds is 6. The summed E-state index contributed by atoms with van der Waals surface area (Å²) in [4.78, 5) is 0. The molecule has 0 fully saturated rings. The largest absolute Gasteiger partial charge is 0.494 e. The Morgan fingerprint density at radius 1 is 1.12 bits per heavy atom. The van der Waals surface area contributed by atoms with Gasteiger partial charge in [-0.2, -0.15) is 5.26 Å². The molecular weight excluding hydrogens is 340 g/mol. The van der Waals surface area contributed by atoms with E-state index in [2.05, 4.69) is 11.4 Å². The molecule has 130 valence electrons. The molecule has 0 aromatic heterocycles. The summed E-state index contributed by atoms with van der Waals surface area (Å²) in [5.74, 6) is 2.17. The Morgan fingerprint density at radius 3 is 2.56 bits per heavy atom. The number of nitriles is 1. The van der Waals surface area contributed by atoms with Crippen molar-refractivity contribution in [3.05, 3.63) is 47.0 Å². The van der Waals surface area contributed by atoms with Crippen LogP contribution in [0.1, 0.15) is 18.4 Å². The molecule has 1 N–H and O–H groups in total. The average molecular weight is 359 g/mol. The molecule has 6 heteroatoms. The topological polar surface area (TPSA) is 63.5 Å². The maximum Gasteiger partial charge on any atom is 0.163 e. The Hall–Kier alpha value is -2.58. The smallest absolute Gasteiger partial charge is 0.163 e. The monoisotopic (exact) mass is 358 g/mol. The molecule has 1 aliphatic rings. The van der Waals surface area contributed by atoms with E-state index in [1.165, 1.54) is 0 Å². The van der Waals surface area contributed by atoms with Gasteiger partial charge in [0.1, 0.15) is 5.75 Å². The number of ether oxygens (including phenoxy) is 3. The average Bonchev–Trinajstić information content (AvgIpc) is 2.87. The maximum atomic E-state index is 8.77. The van der Waals surface area contributed by atoms with Crippen molar-refractivity contribution in [2.24, 2.45) is 0 Å². The lowest BCUT2D eigenvalue weighted by molar-refractivity contribution is 0.297. The van der Waals surface area contributed by atoms with Gasteiger partial charge in [0, 0.05) is 25.1 Å². The second-order valence-electron chi connectivity index (χ2n) is 5.59. The number of halogens is 1. The molecular formula is C19H19ClN2O3. The maximum absolute atomic E-state index is 8.77. The number of hydrogen-bond acceptors (Lipinski definition) is 5. The van der Waals surface area contributed by atoms with Crippen molar-refractivity contribution >= 4 is 17.3 Å². The van der Waals surface area contributed by atoms with Crippen molar-refractivity contribution in [2.75, 3.05) is 31.7 Å². The standard InChI is InChI=1S/C19H19ClN2O3/c20-16-11-18-19(25-10-2-9-24-18)12-17(16)22-7-1-8-23-15-5-3-14(13-21)4-6-15/h3-6,11-12,22H,1-2,7-10H2. The zero-order valence-corrected chi connectivity index (χ0v) is 14.5. The van der Waals surface area contributed by atoms with Crippen LogP contribution in [-0.4, -0.2) is 26.4 Å². The molecule has 5 nitrogen and oxygen atoms in total. The first-order valence-electron chi connectivity index (χ1n) is 8.22. The predicted molar refractivity (Wildman–Crippen MR) is 96.8 cm³/mol. The molecule has 0 amide bonds. The summed E-state index contributed by atoms with van der Waals surface area (Å²) in [6.45, 7) is 2.58. The number of nitrogens with one attached hydrogen (secondary N) is 1. The molecule has 0 atom stereocenters. The van der Waals surface area contributed by atoms with E-state index in [-0.39, 0.29) is 0 Å². The molecule has 0 bridgehead atoms. The van der Waals surface area contributed by atoms with Crippen LogP contribution in [0.15, 0.2) is 36.4 Å². The van der Waals surface area contributed by atoms with Gasteiger partial charge in [0.25, 0.3) is 0 Å². The highest BCUT2D eigenvalue weighted by molar-refractivity contribution is 6.33. The SMILES string of the molecule is N#Cc1ccc(OCCCNc2cc3c(cc2Cl)OCCCO3)cc1. The minimum Gasteiger partial charge on any atom is -0.494 e. The zero-order chi connectivity index (χ0) is 17.5. The van der Waals surface area contributed by atoms with Crippen LogP contribution in [0.5, 0.6) is 17.2 Å². The first-order valence-corrected chi connectivity index (χ1v) is 8.60. The molecule has 2 aromatic carbocycles. The van der Waals surface area contributed by atoms with Crippen LogP contribution < -0.4 is 19.5 Å². The van der Waals surface area contributed by atoms with Crippen molar-refractivity contribution in [2.45, 2.75) is 12.8 Å². The van der Waals surface area contributed by atoms with Gasteiger partial charge in [-0.25, -0.2) is 0 Å². The van der Waals surface area contributed by atoms with E-state index in [1.807, 2.05) is 6.07 Å². The third-order valence-electron chi connectivity index (χ3n) is 3.73. The first kappa shape index (κ1) is 17.2. The van der Waals surface area contributed by atoms with E-state index in [9.17, 15) is 0 Å². The van der Waals surface area contributed by atoms with E-state index in [0.29, 0.717) is 36.2 Å². The molecule has 3 rings (SSSR count). The third-order valence-corrected chi connectivity index (χ3v) is 4.04. The summed E-state index contributed by atoms with van der Waals surface area (Å²) >= 11 is 6.30. The third kappa shape index (κ3) is 4.71. The Kier molecular flexibility index (Phi) is 5.86. The predicted octanol–water partition coefficient (Wildman–Crippen LogP) is 4.25. The van der Waals surface area contributed by atoms with Gasteiger partial charge >= 0.3 is 0 Å². The molecule has 1 heterocycles. The van der Waals surface area contributed by atoms with Crippen LogP contribution >= 0.6 is 11.6 Å². The minimum atomic E-state index is 0.571. The molecule has 0 saturated heterocycles. The van der Waals surface area contributed by atoms with Gasteiger partial charge in [-0.1, -0.05) is 11.6 Å². The van der Waals surface area contributed by atoms with Gasteiger partial charge in [-0.15, -0.1) is 0 Å². The molecule has 0 saturated carbocycles. The van der Waals surface area contributed by atoms with Crippen molar-refractivity contribution in [3.8, 4) is 23.3 Å². The molecule has 0 unspecified atom stereocenters. The number of nitrogens with zero attached hydrogens (tertiary/aromatic N) is 1. The summed E-state index contributed by atoms with van der Waals surface area (Å²) in [6.07, 6.45) is 1.67. The van der Waals surface area contributed by atoms with Gasteiger partial charge in [-0.3, -0.25) is 0 Å². The number of anilines is 1. The normalized spacial score (nSPS) is 12.8. The lowest BCUT2D eigenvalue weighted by Crippen LogP contribution is -2.08. The highest BCUT2D eigenvalue weighted by Crippen LogP contribution is 2.37. The summed E-state index contributed by atoms with van der Waals surface area (Å²) in [5, 5.41) is 12.7. The summed E-state index contributed by atoms with van der Waals surface area (Å²) in [7, 11) is 0. The van der Waals surface area contributed by atoms with Crippen LogP contribution in [0.4, 0.5) is 5.69 Å². The van der Waals surface area contributed by atoms with Crippen LogP contribution in [0, 0.1) is 11.3 Å². The van der Waals surface area contributed by atoms with Crippen LogP contribution in [0.2, 0.25) is 5.02 Å². The van der Waals surface area contributed by atoms with E-state index in [0.717, 1.165) is 36.6 Å². The molecule has 0 radical (unpaired) electrons. The Bertz CT molecular complexity index is 756. The van der Waals surface area contributed by atoms with Crippen molar-refractivity contribution in [1.82, 2.24) is 0 Å². The first-order chi connectivity index (χ1) is 12.3. The Balaban J connectivity index is 1.47. The lowest BCUT2D eigenvalue weighted by Gasteiger charge is -2.13. The summed E-state index contributed by atoms with van der Waals surface area (Å²) < 4.78 is 16.9. The van der Waals surface area contributed by atoms with Gasteiger partial charge in [0.05, 0.1) is 42.2 Å². The van der Waals surface area contributed by atoms with E-state index in [4.69, 9.17) is 31.1 Å². The van der Waals surface area contributed by atoms with E-state index < -0.39 is 0 Å². The van der Waals surface area contributed by atoms with Gasteiger partial charge in [-0.05, 0) is 30.7 Å². The van der Waals surface area contributed by atoms with Crippen LogP contribution in [-0.2, 0) is 0 Å².